The summed E-state index contributed by atoms with van der Waals surface area (Å²) in [6.07, 6.45) is 0. The highest BCUT2D eigenvalue weighted by Crippen LogP contribution is 2.31. The summed E-state index contributed by atoms with van der Waals surface area (Å²) in [6, 6.07) is 2.67. The van der Waals surface area contributed by atoms with Crippen molar-refractivity contribution in [2.24, 2.45) is 0 Å². The van der Waals surface area contributed by atoms with Crippen molar-refractivity contribution in [3.8, 4) is 5.75 Å². The van der Waals surface area contributed by atoms with Gasteiger partial charge in [0, 0.05) is 3.57 Å². The molecule has 1 rings (SSSR count). The molecule has 0 bridgehead atoms. The van der Waals surface area contributed by atoms with Crippen molar-refractivity contribution in [2.45, 2.75) is 13.5 Å². The Morgan fingerprint density at radius 1 is 1.53 bits per heavy atom. The van der Waals surface area contributed by atoms with E-state index in [0.717, 1.165) is 0 Å². The molecule has 0 radical (unpaired) electrons. The molecule has 0 unspecified atom stereocenters. The average Bonchev–Trinajstić information content (AvgIpc) is 2.10. The average molecular weight is 346 g/mol. The summed E-state index contributed by atoms with van der Waals surface area (Å²) >= 11 is 7.58. The van der Waals surface area contributed by atoms with E-state index in [1.807, 2.05) is 22.6 Å². The number of ether oxygens (including phenoxy) is 1. The molecule has 1 aromatic rings. The number of rotatable bonds is 3. The first-order valence-electron chi connectivity index (χ1n) is 3.87. The van der Waals surface area contributed by atoms with E-state index < -0.39 is 6.61 Å². The maximum absolute atomic E-state index is 12.0. The van der Waals surface area contributed by atoms with Gasteiger partial charge in [-0.3, -0.25) is 4.79 Å². The quantitative estimate of drug-likeness (QED) is 0.615. The van der Waals surface area contributed by atoms with Gasteiger partial charge in [0.15, 0.2) is 5.78 Å². The van der Waals surface area contributed by atoms with Crippen molar-refractivity contribution in [3.05, 3.63) is 26.3 Å². The van der Waals surface area contributed by atoms with Crippen LogP contribution < -0.4 is 4.74 Å². The van der Waals surface area contributed by atoms with E-state index in [0.29, 0.717) is 8.59 Å². The van der Waals surface area contributed by atoms with Crippen LogP contribution >= 0.6 is 34.2 Å². The third-order valence-corrected chi connectivity index (χ3v) is 3.38. The van der Waals surface area contributed by atoms with Crippen molar-refractivity contribution in [1.29, 1.82) is 0 Å². The van der Waals surface area contributed by atoms with Gasteiger partial charge in [-0.2, -0.15) is 8.78 Å². The maximum Gasteiger partial charge on any atom is 0.387 e. The number of alkyl halides is 2. The van der Waals surface area contributed by atoms with E-state index in [-0.39, 0.29) is 17.1 Å². The molecule has 6 heteroatoms. The van der Waals surface area contributed by atoms with Crippen LogP contribution in [0.15, 0.2) is 12.1 Å². The molecule has 0 saturated carbocycles. The normalized spacial score (nSPS) is 10.5. The third-order valence-electron chi connectivity index (χ3n) is 1.62. The molecule has 0 aliphatic rings. The van der Waals surface area contributed by atoms with E-state index in [4.69, 9.17) is 11.6 Å². The minimum atomic E-state index is -2.96. The van der Waals surface area contributed by atoms with E-state index >= 15 is 0 Å². The zero-order chi connectivity index (χ0) is 11.6. The van der Waals surface area contributed by atoms with Crippen molar-refractivity contribution in [2.75, 3.05) is 0 Å². The maximum atomic E-state index is 12.0. The zero-order valence-corrected chi connectivity index (χ0v) is 10.5. The van der Waals surface area contributed by atoms with E-state index in [1.165, 1.54) is 19.1 Å². The summed E-state index contributed by atoms with van der Waals surface area (Å²) in [5.41, 5.74) is 0.0865. The van der Waals surface area contributed by atoms with Crippen molar-refractivity contribution < 1.29 is 18.3 Å². The molecule has 0 N–H and O–H groups in total. The fourth-order valence-corrected chi connectivity index (χ4v) is 2.04. The van der Waals surface area contributed by atoms with Crippen LogP contribution in [0.2, 0.25) is 5.02 Å². The lowest BCUT2D eigenvalue weighted by molar-refractivity contribution is -0.0501. The highest BCUT2D eigenvalue weighted by molar-refractivity contribution is 14.1. The first-order valence-corrected chi connectivity index (χ1v) is 5.33. The molecule has 0 spiro atoms. The van der Waals surface area contributed by atoms with Gasteiger partial charge in [0.1, 0.15) is 5.75 Å². The Morgan fingerprint density at radius 2 is 2.13 bits per heavy atom. The predicted molar refractivity (Wildman–Crippen MR) is 60.8 cm³/mol. The number of ketones is 1. The summed E-state index contributed by atoms with van der Waals surface area (Å²) in [5, 5.41) is 0.336. The first kappa shape index (κ1) is 12.6. The molecule has 0 aliphatic carbocycles. The predicted octanol–water partition coefficient (Wildman–Crippen LogP) is 3.75. The summed E-state index contributed by atoms with van der Waals surface area (Å²) in [5.74, 6) is -0.510. The Hall–Kier alpha value is -0.430. The highest BCUT2D eigenvalue weighted by atomic mass is 127. The van der Waals surface area contributed by atoms with Gasteiger partial charge >= 0.3 is 6.61 Å². The Morgan fingerprint density at radius 3 is 2.60 bits per heavy atom. The van der Waals surface area contributed by atoms with Gasteiger partial charge in [0.2, 0.25) is 0 Å². The van der Waals surface area contributed by atoms with Gasteiger partial charge < -0.3 is 4.74 Å². The van der Waals surface area contributed by atoms with Gasteiger partial charge in [0.05, 0.1) is 10.6 Å². The molecule has 0 aliphatic heterocycles. The van der Waals surface area contributed by atoms with Crippen LogP contribution in [0, 0.1) is 3.57 Å². The Labute approximate surface area is 104 Å². The van der Waals surface area contributed by atoms with Crippen LogP contribution in [0.25, 0.3) is 0 Å². The number of Topliss-reactive ketones (excluding diaryl/α,β-unsaturated/α-hetero) is 1. The van der Waals surface area contributed by atoms with E-state index in [1.54, 1.807) is 0 Å². The second-order valence-corrected chi connectivity index (χ2v) is 4.16. The van der Waals surface area contributed by atoms with Gasteiger partial charge in [-0.05, 0) is 41.6 Å². The molecule has 0 aromatic heterocycles. The molecule has 1 aromatic carbocycles. The van der Waals surface area contributed by atoms with E-state index in [9.17, 15) is 13.6 Å². The minimum absolute atomic E-state index is 0.0865. The third kappa shape index (κ3) is 3.01. The van der Waals surface area contributed by atoms with Gasteiger partial charge in [-0.1, -0.05) is 11.6 Å². The zero-order valence-electron chi connectivity index (χ0n) is 7.56. The molecule has 0 heterocycles. The second kappa shape index (κ2) is 5.07. The Bertz CT molecular complexity index is 396. The molecule has 15 heavy (non-hydrogen) atoms. The standard InChI is InChI=1S/C9H6ClF2IO2/c1-4(14)7-6(15-9(11)12)3-2-5(10)8(7)13/h2-3,9H,1H3. The lowest BCUT2D eigenvalue weighted by Crippen LogP contribution is -2.08. The van der Waals surface area contributed by atoms with Gasteiger partial charge in [0.25, 0.3) is 0 Å². The Kier molecular flexibility index (Phi) is 4.27. The number of carbonyl (C=O) groups excluding carboxylic acids is 1. The molecular formula is C9H6ClF2IO2. The lowest BCUT2D eigenvalue weighted by Gasteiger charge is -2.10. The molecule has 0 amide bonds. The van der Waals surface area contributed by atoms with E-state index in [2.05, 4.69) is 4.74 Å². The monoisotopic (exact) mass is 346 g/mol. The molecular weight excluding hydrogens is 340 g/mol. The summed E-state index contributed by atoms with van der Waals surface area (Å²) in [4.78, 5) is 11.2. The molecule has 0 saturated heterocycles. The summed E-state index contributed by atoms with van der Waals surface area (Å²) < 4.78 is 28.7. The lowest BCUT2D eigenvalue weighted by atomic mass is 10.1. The fraction of sp³-hybridized carbons (Fsp3) is 0.222. The second-order valence-electron chi connectivity index (χ2n) is 2.67. The first-order chi connectivity index (χ1) is 6.93. The largest absolute Gasteiger partial charge is 0.434 e. The summed E-state index contributed by atoms with van der Waals surface area (Å²) in [6.45, 7) is -1.69. The smallest absolute Gasteiger partial charge is 0.387 e. The number of hydrogen-bond donors (Lipinski definition) is 0. The number of benzene rings is 1. The number of hydrogen-bond acceptors (Lipinski definition) is 2. The van der Waals surface area contributed by atoms with Crippen LogP contribution in [0.4, 0.5) is 8.78 Å². The Balaban J connectivity index is 3.27. The van der Waals surface area contributed by atoms with Crippen LogP contribution in [0.3, 0.4) is 0 Å². The van der Waals surface area contributed by atoms with Crippen LogP contribution in [0.5, 0.6) is 5.75 Å². The number of carbonyl (C=O) groups is 1. The van der Waals surface area contributed by atoms with Crippen LogP contribution in [-0.2, 0) is 0 Å². The van der Waals surface area contributed by atoms with Gasteiger partial charge in [-0.25, -0.2) is 0 Å². The molecule has 0 atom stereocenters. The SMILES string of the molecule is CC(=O)c1c(OC(F)F)ccc(Cl)c1I. The molecule has 0 fully saturated rings. The summed E-state index contributed by atoms with van der Waals surface area (Å²) in [7, 11) is 0. The van der Waals surface area contributed by atoms with Crippen LogP contribution in [0.1, 0.15) is 17.3 Å². The van der Waals surface area contributed by atoms with Crippen molar-refractivity contribution in [3.63, 3.8) is 0 Å². The fourth-order valence-electron chi connectivity index (χ4n) is 1.06. The molecule has 2 nitrogen and oxygen atoms in total. The van der Waals surface area contributed by atoms with Crippen molar-refractivity contribution in [1.82, 2.24) is 0 Å². The minimum Gasteiger partial charge on any atom is -0.434 e. The molecule has 82 valence electrons. The van der Waals surface area contributed by atoms with Crippen molar-refractivity contribution >= 4 is 40.0 Å². The number of halogens is 4. The highest BCUT2D eigenvalue weighted by Gasteiger charge is 2.17. The topological polar surface area (TPSA) is 26.3 Å². The van der Waals surface area contributed by atoms with Gasteiger partial charge in [-0.15, -0.1) is 0 Å². The van der Waals surface area contributed by atoms with Crippen LogP contribution in [-0.4, -0.2) is 12.4 Å².